The Bertz CT molecular complexity index is 206. The molecule has 2 unspecified atom stereocenters. The number of thiol groups is 1. The number of hydrogen-bond acceptors (Lipinski definition) is 4. The first-order valence-corrected chi connectivity index (χ1v) is 5.11. The minimum atomic E-state index is -0.196. The standard InChI is InChI=1S/C9H17NO2S/c1-4-12-8(11)6-5-7(13)10-9(6,2)3/h6-7,10,13H,4-5H2,1-3H3. The van der Waals surface area contributed by atoms with Crippen LogP contribution in [0.2, 0.25) is 0 Å². The summed E-state index contributed by atoms with van der Waals surface area (Å²) in [5.74, 6) is -0.188. The average molecular weight is 203 g/mol. The highest BCUT2D eigenvalue weighted by Gasteiger charge is 2.43. The molecule has 1 saturated heterocycles. The van der Waals surface area contributed by atoms with Crippen LogP contribution in [0.5, 0.6) is 0 Å². The van der Waals surface area contributed by atoms with Crippen LogP contribution in [-0.2, 0) is 9.53 Å². The molecule has 1 aliphatic rings. The first-order valence-electron chi connectivity index (χ1n) is 4.59. The molecule has 0 aromatic rings. The van der Waals surface area contributed by atoms with Gasteiger partial charge in [-0.1, -0.05) is 0 Å². The van der Waals surface area contributed by atoms with Crippen molar-refractivity contribution in [3.63, 3.8) is 0 Å². The van der Waals surface area contributed by atoms with Crippen LogP contribution in [0.1, 0.15) is 27.2 Å². The highest BCUT2D eigenvalue weighted by atomic mass is 32.1. The molecule has 2 atom stereocenters. The van der Waals surface area contributed by atoms with Gasteiger partial charge in [0.05, 0.1) is 17.9 Å². The summed E-state index contributed by atoms with van der Waals surface area (Å²) in [6.07, 6.45) is 0.745. The molecule has 1 N–H and O–H groups in total. The first kappa shape index (κ1) is 10.9. The van der Waals surface area contributed by atoms with E-state index < -0.39 is 0 Å². The minimum absolute atomic E-state index is 0.0741. The maximum atomic E-state index is 11.5. The summed E-state index contributed by atoms with van der Waals surface area (Å²) in [4.78, 5) is 11.5. The monoisotopic (exact) mass is 203 g/mol. The molecule has 0 aromatic carbocycles. The Hall–Kier alpha value is -0.220. The van der Waals surface area contributed by atoms with Gasteiger partial charge in [0, 0.05) is 5.54 Å². The third-order valence-corrected chi connectivity index (χ3v) is 2.78. The molecular formula is C9H17NO2S. The van der Waals surface area contributed by atoms with E-state index in [-0.39, 0.29) is 22.8 Å². The van der Waals surface area contributed by atoms with E-state index in [0.717, 1.165) is 6.42 Å². The Labute approximate surface area is 84.6 Å². The normalized spacial score (nSPS) is 31.7. The Morgan fingerprint density at radius 1 is 1.69 bits per heavy atom. The number of rotatable bonds is 2. The maximum Gasteiger partial charge on any atom is 0.310 e. The molecule has 0 bridgehead atoms. The zero-order valence-electron chi connectivity index (χ0n) is 8.33. The lowest BCUT2D eigenvalue weighted by Crippen LogP contribution is -2.43. The highest BCUT2D eigenvalue weighted by Crippen LogP contribution is 2.31. The second kappa shape index (κ2) is 3.88. The lowest BCUT2D eigenvalue weighted by atomic mass is 9.89. The quantitative estimate of drug-likeness (QED) is 0.523. The van der Waals surface area contributed by atoms with E-state index in [2.05, 4.69) is 17.9 Å². The molecule has 1 heterocycles. The second-order valence-electron chi connectivity index (χ2n) is 3.92. The topological polar surface area (TPSA) is 38.3 Å². The molecule has 1 rings (SSSR count). The van der Waals surface area contributed by atoms with Crippen molar-refractivity contribution in [2.45, 2.75) is 38.1 Å². The Kier molecular flexibility index (Phi) is 3.24. The molecular weight excluding hydrogens is 186 g/mol. The van der Waals surface area contributed by atoms with Crippen LogP contribution >= 0.6 is 12.6 Å². The number of hydrogen-bond donors (Lipinski definition) is 2. The number of esters is 1. The van der Waals surface area contributed by atoms with Crippen molar-refractivity contribution in [2.24, 2.45) is 5.92 Å². The van der Waals surface area contributed by atoms with E-state index in [0.29, 0.717) is 6.61 Å². The summed E-state index contributed by atoms with van der Waals surface area (Å²) >= 11 is 4.31. The maximum absolute atomic E-state index is 11.5. The molecule has 0 radical (unpaired) electrons. The predicted octanol–water partition coefficient (Wildman–Crippen LogP) is 1.19. The Morgan fingerprint density at radius 2 is 2.31 bits per heavy atom. The van der Waals surface area contributed by atoms with Crippen molar-refractivity contribution in [2.75, 3.05) is 6.61 Å². The smallest absolute Gasteiger partial charge is 0.310 e. The van der Waals surface area contributed by atoms with Gasteiger partial charge in [-0.15, -0.1) is 0 Å². The van der Waals surface area contributed by atoms with Gasteiger partial charge in [0.1, 0.15) is 0 Å². The molecule has 1 fully saturated rings. The van der Waals surface area contributed by atoms with Crippen LogP contribution in [0, 0.1) is 5.92 Å². The van der Waals surface area contributed by atoms with Crippen LogP contribution in [0.3, 0.4) is 0 Å². The Balaban J connectivity index is 2.64. The fourth-order valence-electron chi connectivity index (χ4n) is 1.74. The fraction of sp³-hybridized carbons (Fsp3) is 0.889. The molecule has 0 aromatic heterocycles. The first-order chi connectivity index (χ1) is 5.97. The molecule has 0 amide bonds. The largest absolute Gasteiger partial charge is 0.466 e. The lowest BCUT2D eigenvalue weighted by Gasteiger charge is -2.25. The van der Waals surface area contributed by atoms with Crippen LogP contribution in [0.25, 0.3) is 0 Å². The van der Waals surface area contributed by atoms with Gasteiger partial charge in [0.2, 0.25) is 0 Å². The molecule has 0 spiro atoms. The molecule has 4 heteroatoms. The van der Waals surface area contributed by atoms with Crippen molar-refractivity contribution >= 4 is 18.6 Å². The van der Waals surface area contributed by atoms with Crippen molar-refractivity contribution in [1.82, 2.24) is 5.32 Å². The van der Waals surface area contributed by atoms with E-state index in [1.807, 2.05) is 20.8 Å². The third-order valence-electron chi connectivity index (χ3n) is 2.44. The van der Waals surface area contributed by atoms with Gasteiger partial charge >= 0.3 is 5.97 Å². The van der Waals surface area contributed by atoms with Gasteiger partial charge in [-0.2, -0.15) is 12.6 Å². The summed E-state index contributed by atoms with van der Waals surface area (Å²) in [6, 6.07) is 0. The van der Waals surface area contributed by atoms with E-state index in [9.17, 15) is 4.79 Å². The van der Waals surface area contributed by atoms with Crippen LogP contribution in [0.4, 0.5) is 0 Å². The van der Waals surface area contributed by atoms with Gasteiger partial charge in [-0.05, 0) is 27.2 Å². The third kappa shape index (κ3) is 2.38. The van der Waals surface area contributed by atoms with Gasteiger partial charge in [-0.25, -0.2) is 0 Å². The summed E-state index contributed by atoms with van der Waals surface area (Å²) in [6.45, 7) is 6.28. The number of carbonyl (C=O) groups is 1. The van der Waals surface area contributed by atoms with E-state index in [1.165, 1.54) is 0 Å². The number of ether oxygens (including phenoxy) is 1. The van der Waals surface area contributed by atoms with Gasteiger partial charge in [0.25, 0.3) is 0 Å². The summed E-state index contributed by atoms with van der Waals surface area (Å²) < 4.78 is 5.00. The van der Waals surface area contributed by atoms with Crippen LogP contribution in [0.15, 0.2) is 0 Å². The minimum Gasteiger partial charge on any atom is -0.466 e. The fourth-order valence-corrected chi connectivity index (χ4v) is 2.28. The number of carbonyl (C=O) groups excluding carboxylic acids is 1. The number of nitrogens with one attached hydrogen (secondary N) is 1. The highest BCUT2D eigenvalue weighted by molar-refractivity contribution is 7.80. The Morgan fingerprint density at radius 3 is 2.69 bits per heavy atom. The average Bonchev–Trinajstić information content (AvgIpc) is 2.24. The summed E-state index contributed by atoms with van der Waals surface area (Å²) in [5, 5.41) is 3.35. The van der Waals surface area contributed by atoms with Gasteiger partial charge < -0.3 is 4.74 Å². The van der Waals surface area contributed by atoms with Crippen LogP contribution < -0.4 is 5.32 Å². The second-order valence-corrected chi connectivity index (χ2v) is 4.55. The summed E-state index contributed by atoms with van der Waals surface area (Å²) in [7, 11) is 0. The van der Waals surface area contributed by atoms with E-state index in [1.54, 1.807) is 0 Å². The van der Waals surface area contributed by atoms with Gasteiger partial charge in [-0.3, -0.25) is 10.1 Å². The zero-order chi connectivity index (χ0) is 10.1. The summed E-state index contributed by atoms with van der Waals surface area (Å²) in [5.41, 5.74) is -0.196. The molecule has 3 nitrogen and oxygen atoms in total. The van der Waals surface area contributed by atoms with Crippen molar-refractivity contribution < 1.29 is 9.53 Å². The van der Waals surface area contributed by atoms with Crippen molar-refractivity contribution in [1.29, 1.82) is 0 Å². The molecule has 13 heavy (non-hydrogen) atoms. The van der Waals surface area contributed by atoms with Crippen molar-refractivity contribution in [3.8, 4) is 0 Å². The molecule has 76 valence electrons. The molecule has 0 aliphatic carbocycles. The van der Waals surface area contributed by atoms with Gasteiger partial charge in [0.15, 0.2) is 0 Å². The van der Waals surface area contributed by atoms with Crippen LogP contribution in [-0.4, -0.2) is 23.5 Å². The zero-order valence-corrected chi connectivity index (χ0v) is 9.23. The molecule has 0 saturated carbocycles. The van der Waals surface area contributed by atoms with Crippen molar-refractivity contribution in [3.05, 3.63) is 0 Å². The van der Waals surface area contributed by atoms with E-state index in [4.69, 9.17) is 4.74 Å². The van der Waals surface area contributed by atoms with E-state index >= 15 is 0 Å². The lowest BCUT2D eigenvalue weighted by molar-refractivity contribution is -0.149. The predicted molar refractivity (Wildman–Crippen MR) is 54.7 cm³/mol. The SMILES string of the molecule is CCOC(=O)C1CC(S)NC1(C)C. The molecule has 1 aliphatic heterocycles.